The highest BCUT2D eigenvalue weighted by atomic mass is 35.5. The second-order valence-corrected chi connectivity index (χ2v) is 14.5. The summed E-state index contributed by atoms with van der Waals surface area (Å²) in [4.78, 5) is 24.7. The Kier molecular flexibility index (Phi) is 15.1. The fourth-order valence-electron chi connectivity index (χ4n) is 6.50. The van der Waals surface area contributed by atoms with Gasteiger partial charge in [0.05, 0.1) is 36.4 Å². The Morgan fingerprint density at radius 3 is 2.51 bits per heavy atom. The Balaban J connectivity index is 1.87. The minimum absolute atomic E-state index is 0.0271. The zero-order chi connectivity index (χ0) is 36.5. The molecular weight excluding hydrogens is 650 g/mol. The zero-order valence-corrected chi connectivity index (χ0v) is 30.9. The lowest BCUT2D eigenvalue weighted by molar-refractivity contribution is -0.157. The summed E-state index contributed by atoms with van der Waals surface area (Å²) >= 11 is 6.09. The lowest BCUT2D eigenvalue weighted by atomic mass is 9.87. The first-order valence-electron chi connectivity index (χ1n) is 17.2. The molecule has 2 aliphatic heterocycles. The molecule has 0 spiro atoms. The molecule has 11 unspecified atom stereocenters. The maximum absolute atomic E-state index is 12.9. The molecule has 274 valence electrons. The topological polar surface area (TPSA) is 147 Å². The number of allylic oxidation sites excluding steroid dienone is 2. The van der Waals surface area contributed by atoms with E-state index in [2.05, 4.69) is 19.2 Å². The summed E-state index contributed by atoms with van der Waals surface area (Å²) in [7, 11) is 1.70. The van der Waals surface area contributed by atoms with Crippen molar-refractivity contribution in [3.63, 3.8) is 0 Å². The van der Waals surface area contributed by atoms with Crippen LogP contribution < -0.4 is 5.32 Å². The van der Waals surface area contributed by atoms with Gasteiger partial charge in [0.2, 0.25) is 0 Å². The number of hydrogen-bond acceptors (Lipinski definition) is 10. The van der Waals surface area contributed by atoms with Crippen LogP contribution in [0.2, 0.25) is 5.02 Å². The maximum atomic E-state index is 12.9. The Hall–Kier alpha value is -2.57. The van der Waals surface area contributed by atoms with Gasteiger partial charge in [-0.25, -0.2) is 0 Å². The zero-order valence-electron chi connectivity index (χ0n) is 30.1. The van der Waals surface area contributed by atoms with Crippen LogP contribution in [0.3, 0.4) is 0 Å². The Bertz CT molecular complexity index is 1320. The van der Waals surface area contributed by atoms with Gasteiger partial charge in [-0.05, 0) is 69.4 Å². The molecule has 49 heavy (non-hydrogen) atoms. The number of ether oxygens (including phenoxy) is 4. The van der Waals surface area contributed by atoms with E-state index in [1.807, 2.05) is 38.1 Å². The van der Waals surface area contributed by atoms with Crippen LogP contribution in [0.1, 0.15) is 79.7 Å². The number of carbonyl (C=O) groups is 2. The molecule has 1 fully saturated rings. The van der Waals surface area contributed by atoms with Gasteiger partial charge in [-0.3, -0.25) is 9.59 Å². The predicted octanol–water partition coefficient (Wildman–Crippen LogP) is 5.21. The molecule has 11 heteroatoms. The van der Waals surface area contributed by atoms with Crippen molar-refractivity contribution in [1.82, 2.24) is 5.32 Å². The van der Waals surface area contributed by atoms with Crippen molar-refractivity contribution < 1.29 is 43.9 Å². The monoisotopic (exact) mass is 705 g/mol. The molecule has 3 rings (SSSR count). The molecule has 4 N–H and O–H groups in total. The normalized spacial score (nSPS) is 31.5. The molecular formula is C38H56ClNO9. The van der Waals surface area contributed by atoms with E-state index in [1.54, 1.807) is 51.3 Å². The van der Waals surface area contributed by atoms with Gasteiger partial charge >= 0.3 is 11.9 Å². The molecule has 2 aliphatic rings. The number of methoxy groups -OCH3 is 1. The third kappa shape index (κ3) is 12.0. The van der Waals surface area contributed by atoms with E-state index in [1.165, 1.54) is 6.92 Å². The molecule has 10 nitrogen and oxygen atoms in total. The van der Waals surface area contributed by atoms with Gasteiger partial charge in [0, 0.05) is 37.4 Å². The second-order valence-electron chi connectivity index (χ2n) is 14.0. The van der Waals surface area contributed by atoms with E-state index in [0.717, 1.165) is 12.0 Å². The lowest BCUT2D eigenvalue weighted by Crippen LogP contribution is -2.52. The van der Waals surface area contributed by atoms with Crippen LogP contribution >= 0.6 is 11.6 Å². The summed E-state index contributed by atoms with van der Waals surface area (Å²) in [6, 6.07) is 7.05. The average molecular weight is 706 g/mol. The molecule has 1 saturated heterocycles. The van der Waals surface area contributed by atoms with Crippen LogP contribution in [-0.2, 0) is 35.1 Å². The Morgan fingerprint density at radius 2 is 1.90 bits per heavy atom. The Morgan fingerprint density at radius 1 is 1.22 bits per heavy atom. The van der Waals surface area contributed by atoms with Gasteiger partial charge in [0.25, 0.3) is 0 Å². The van der Waals surface area contributed by atoms with Crippen molar-refractivity contribution in [2.75, 3.05) is 7.11 Å². The molecule has 0 saturated carbocycles. The highest BCUT2D eigenvalue weighted by Crippen LogP contribution is 2.39. The second kappa shape index (κ2) is 18.1. The number of halogens is 1. The number of aliphatic hydroxyl groups excluding tert-OH is 1. The third-order valence-electron chi connectivity index (χ3n) is 9.63. The van der Waals surface area contributed by atoms with Crippen molar-refractivity contribution in [2.45, 2.75) is 135 Å². The van der Waals surface area contributed by atoms with E-state index in [4.69, 9.17) is 30.5 Å². The number of benzene rings is 1. The Labute approximate surface area is 296 Å². The van der Waals surface area contributed by atoms with Crippen molar-refractivity contribution in [1.29, 1.82) is 0 Å². The number of rotatable bonds is 13. The van der Waals surface area contributed by atoms with Gasteiger partial charge in [0.15, 0.2) is 0 Å². The molecule has 0 aromatic heterocycles. The highest BCUT2D eigenvalue weighted by molar-refractivity contribution is 6.30. The van der Waals surface area contributed by atoms with Crippen LogP contribution in [0.5, 0.6) is 0 Å². The smallest absolute Gasteiger partial charge is 0.309 e. The molecule has 0 aliphatic carbocycles. The van der Waals surface area contributed by atoms with Gasteiger partial charge in [0.1, 0.15) is 23.9 Å². The summed E-state index contributed by atoms with van der Waals surface area (Å²) in [6.45, 7) is 12.9. The first-order valence-corrected chi connectivity index (χ1v) is 17.6. The van der Waals surface area contributed by atoms with E-state index >= 15 is 0 Å². The molecule has 1 aromatic carbocycles. The predicted molar refractivity (Wildman–Crippen MR) is 189 cm³/mol. The number of nitrogens with one attached hydrogen (secondary N) is 1. The summed E-state index contributed by atoms with van der Waals surface area (Å²) in [5.41, 5.74) is -1.11. The van der Waals surface area contributed by atoms with Crippen LogP contribution in [0, 0.1) is 11.8 Å². The van der Waals surface area contributed by atoms with E-state index < -0.39 is 47.5 Å². The fraction of sp³-hybridized carbons (Fsp3) is 0.632. The highest BCUT2D eigenvalue weighted by Gasteiger charge is 2.54. The molecule has 0 amide bonds. The maximum Gasteiger partial charge on any atom is 0.309 e. The molecule has 11 atom stereocenters. The van der Waals surface area contributed by atoms with Crippen molar-refractivity contribution in [3.05, 3.63) is 70.8 Å². The van der Waals surface area contributed by atoms with E-state index in [9.17, 15) is 24.9 Å². The van der Waals surface area contributed by atoms with Crippen molar-refractivity contribution >= 4 is 23.5 Å². The molecule has 2 heterocycles. The van der Waals surface area contributed by atoms with Gasteiger partial charge in [-0.15, -0.1) is 0 Å². The summed E-state index contributed by atoms with van der Waals surface area (Å²) in [6.07, 6.45) is 6.32. The number of carbonyl (C=O) groups excluding carboxylic acids is 2. The van der Waals surface area contributed by atoms with Crippen LogP contribution in [-0.4, -0.2) is 88.2 Å². The van der Waals surface area contributed by atoms with Crippen LogP contribution in [0.15, 0.2) is 60.2 Å². The minimum Gasteiger partial charge on any atom is -0.457 e. The number of epoxide rings is 1. The fourth-order valence-corrected chi connectivity index (χ4v) is 6.63. The SMILES string of the molecule is CCC(OC)C(C)C1OC1C(NCc1ccc(Cl)cc1)C(C)(O)C=CC=C(C)C1OC(=O)CC(O)CCC(C)(O)C(OC(C)=O)C=CC1C. The summed E-state index contributed by atoms with van der Waals surface area (Å²) < 4.78 is 23.1. The van der Waals surface area contributed by atoms with Crippen LogP contribution in [0.4, 0.5) is 0 Å². The van der Waals surface area contributed by atoms with Crippen molar-refractivity contribution in [3.8, 4) is 0 Å². The number of esters is 2. The van der Waals surface area contributed by atoms with E-state index in [-0.39, 0.29) is 49.4 Å². The molecule has 1 aromatic rings. The average Bonchev–Trinajstić information content (AvgIpc) is 3.81. The van der Waals surface area contributed by atoms with Crippen molar-refractivity contribution in [2.24, 2.45) is 11.8 Å². The quantitative estimate of drug-likeness (QED) is 0.0934. The molecule has 0 radical (unpaired) electrons. The molecule has 0 bridgehead atoms. The van der Waals surface area contributed by atoms with Gasteiger partial charge < -0.3 is 39.6 Å². The van der Waals surface area contributed by atoms with Gasteiger partial charge in [-0.2, -0.15) is 0 Å². The standard InChI is InChI=1S/C38H56ClNO9/c1-9-30(46-8)25(4)34-35(49-34)36(40-22-27-13-15-28(39)16-14-27)38(7,45)19-10-11-23(2)33-24(3)12-17-31(47-26(5)41)37(6,44)20-18-29(42)21-32(43)48-33/h10-17,19,24-25,29-31,33-36,40,42,44-45H,9,18,20-22H2,1-8H3. The first-order chi connectivity index (χ1) is 23.0. The summed E-state index contributed by atoms with van der Waals surface area (Å²) in [5, 5.41) is 37.6. The minimum atomic E-state index is -1.46. The number of cyclic esters (lactones) is 1. The number of aliphatic hydroxyl groups is 3. The summed E-state index contributed by atoms with van der Waals surface area (Å²) in [5.74, 6) is -1.39. The first kappa shape index (κ1) is 40.9. The third-order valence-corrected chi connectivity index (χ3v) is 9.88. The largest absolute Gasteiger partial charge is 0.457 e. The number of hydrogen-bond donors (Lipinski definition) is 4. The lowest BCUT2D eigenvalue weighted by Gasteiger charge is -2.32. The van der Waals surface area contributed by atoms with E-state index in [0.29, 0.717) is 17.1 Å². The van der Waals surface area contributed by atoms with Gasteiger partial charge in [-0.1, -0.05) is 68.8 Å². The van der Waals surface area contributed by atoms with Crippen LogP contribution in [0.25, 0.3) is 0 Å².